The van der Waals surface area contributed by atoms with Crippen molar-refractivity contribution in [1.29, 1.82) is 0 Å². The first-order chi connectivity index (χ1) is 13.9. The molecular weight excluding hydrogens is 370 g/mol. The highest BCUT2D eigenvalue weighted by Gasteiger charge is 2.19. The molecule has 4 rings (SSSR count). The van der Waals surface area contributed by atoms with Crippen LogP contribution in [0.1, 0.15) is 21.5 Å². The van der Waals surface area contributed by atoms with Crippen LogP contribution in [0.15, 0.2) is 66.7 Å². The largest absolute Gasteiger partial charge is 0.322 e. The first-order valence-corrected chi connectivity index (χ1v) is 9.17. The maximum atomic E-state index is 13.5. The Kier molecular flexibility index (Phi) is 4.80. The number of anilines is 1. The number of carbonyl (C=O) groups is 1. The lowest BCUT2D eigenvalue weighted by Crippen LogP contribution is -2.15. The topological polar surface area (TPSA) is 42.0 Å². The van der Waals surface area contributed by atoms with Crippen LogP contribution in [0.25, 0.3) is 22.2 Å². The number of nitrogens with one attached hydrogen (secondary N) is 1. The van der Waals surface area contributed by atoms with Gasteiger partial charge in [-0.25, -0.2) is 13.8 Å². The molecule has 0 atom stereocenters. The second-order valence-corrected chi connectivity index (χ2v) is 6.93. The van der Waals surface area contributed by atoms with Gasteiger partial charge in [-0.1, -0.05) is 48.0 Å². The molecule has 0 spiro atoms. The minimum absolute atomic E-state index is 0.186. The Morgan fingerprint density at radius 3 is 2.34 bits per heavy atom. The molecule has 5 heteroatoms. The van der Waals surface area contributed by atoms with Crippen molar-refractivity contribution in [1.82, 2.24) is 4.98 Å². The Bertz CT molecular complexity index is 1230. The van der Waals surface area contributed by atoms with E-state index in [0.717, 1.165) is 23.3 Å². The number of nitrogens with zero attached hydrogens (tertiary/aromatic N) is 1. The van der Waals surface area contributed by atoms with E-state index in [1.54, 1.807) is 0 Å². The molecule has 0 saturated carbocycles. The second-order valence-electron chi connectivity index (χ2n) is 6.93. The number of benzene rings is 3. The molecule has 0 aliphatic carbocycles. The Morgan fingerprint density at radius 2 is 1.62 bits per heavy atom. The molecule has 0 bridgehead atoms. The van der Waals surface area contributed by atoms with Crippen LogP contribution in [0.5, 0.6) is 0 Å². The first kappa shape index (κ1) is 18.7. The molecule has 1 heterocycles. The molecule has 1 amide bonds. The minimum Gasteiger partial charge on any atom is -0.322 e. The highest BCUT2D eigenvalue weighted by molar-refractivity contribution is 6.14. The first-order valence-electron chi connectivity index (χ1n) is 9.17. The summed E-state index contributed by atoms with van der Waals surface area (Å²) in [5.74, 6) is -2.38. The second kappa shape index (κ2) is 7.43. The fourth-order valence-electron chi connectivity index (χ4n) is 3.36. The van der Waals surface area contributed by atoms with E-state index in [2.05, 4.69) is 5.32 Å². The lowest BCUT2D eigenvalue weighted by atomic mass is 9.96. The zero-order valence-electron chi connectivity index (χ0n) is 16.0. The van der Waals surface area contributed by atoms with E-state index in [1.165, 1.54) is 6.07 Å². The number of hydrogen-bond acceptors (Lipinski definition) is 2. The monoisotopic (exact) mass is 388 g/mol. The number of hydrogen-bond donors (Lipinski definition) is 1. The van der Waals surface area contributed by atoms with Crippen LogP contribution < -0.4 is 5.32 Å². The minimum atomic E-state index is -1.01. The number of pyridine rings is 1. The number of fused-ring (bicyclic) bond motifs is 1. The van der Waals surface area contributed by atoms with Crippen LogP contribution in [0.4, 0.5) is 14.5 Å². The number of aromatic nitrogens is 1. The number of rotatable bonds is 3. The van der Waals surface area contributed by atoms with E-state index >= 15 is 0 Å². The number of carbonyl (C=O) groups excluding carboxylic acids is 1. The zero-order valence-corrected chi connectivity index (χ0v) is 16.0. The van der Waals surface area contributed by atoms with Gasteiger partial charge in [-0.15, -0.1) is 0 Å². The van der Waals surface area contributed by atoms with Crippen LogP contribution in [-0.4, -0.2) is 10.9 Å². The number of halogens is 2. The molecule has 3 aromatic carbocycles. The number of amides is 1. The summed E-state index contributed by atoms with van der Waals surface area (Å²) in [6.07, 6.45) is 0. The van der Waals surface area contributed by atoms with Crippen LogP contribution in [0, 0.1) is 25.5 Å². The van der Waals surface area contributed by atoms with Crippen molar-refractivity contribution in [2.45, 2.75) is 13.8 Å². The van der Waals surface area contributed by atoms with Gasteiger partial charge in [0.05, 0.1) is 16.8 Å². The van der Waals surface area contributed by atoms with Gasteiger partial charge in [-0.2, -0.15) is 0 Å². The van der Waals surface area contributed by atoms with Crippen molar-refractivity contribution in [2.24, 2.45) is 0 Å². The molecule has 1 N–H and O–H groups in total. The zero-order chi connectivity index (χ0) is 20.5. The molecular formula is C24H18F2N2O. The fourth-order valence-corrected chi connectivity index (χ4v) is 3.36. The number of para-hydroxylation sites is 1. The highest BCUT2D eigenvalue weighted by atomic mass is 19.2. The van der Waals surface area contributed by atoms with E-state index in [-0.39, 0.29) is 5.69 Å². The van der Waals surface area contributed by atoms with Crippen molar-refractivity contribution in [3.8, 4) is 11.3 Å². The predicted octanol–water partition coefficient (Wildman–Crippen LogP) is 6.05. The molecule has 4 aromatic rings. The van der Waals surface area contributed by atoms with Gasteiger partial charge in [0.15, 0.2) is 11.6 Å². The lowest BCUT2D eigenvalue weighted by molar-refractivity contribution is 0.102. The van der Waals surface area contributed by atoms with E-state index < -0.39 is 17.5 Å². The summed E-state index contributed by atoms with van der Waals surface area (Å²) < 4.78 is 26.8. The number of aryl methyl sites for hydroxylation is 1. The maximum Gasteiger partial charge on any atom is 0.256 e. The molecule has 1 aromatic heterocycles. The van der Waals surface area contributed by atoms with E-state index in [1.807, 2.05) is 62.4 Å². The molecule has 0 saturated heterocycles. The molecule has 0 aliphatic rings. The summed E-state index contributed by atoms with van der Waals surface area (Å²) in [4.78, 5) is 17.9. The molecule has 144 valence electrons. The highest BCUT2D eigenvalue weighted by Crippen LogP contribution is 2.30. The lowest BCUT2D eigenvalue weighted by Gasteiger charge is -2.15. The van der Waals surface area contributed by atoms with Crippen molar-refractivity contribution >= 4 is 22.5 Å². The van der Waals surface area contributed by atoms with Gasteiger partial charge in [-0.05, 0) is 37.6 Å². The van der Waals surface area contributed by atoms with Crippen molar-refractivity contribution < 1.29 is 13.6 Å². The summed E-state index contributed by atoms with van der Waals surface area (Å²) in [6, 6.07) is 18.6. The van der Waals surface area contributed by atoms with Crippen molar-refractivity contribution in [3.63, 3.8) is 0 Å². The Hall–Kier alpha value is -3.60. The van der Waals surface area contributed by atoms with Crippen molar-refractivity contribution in [2.75, 3.05) is 5.32 Å². The third kappa shape index (κ3) is 3.59. The molecule has 3 nitrogen and oxygen atoms in total. The summed E-state index contributed by atoms with van der Waals surface area (Å²) in [7, 11) is 0. The fraction of sp³-hybridized carbons (Fsp3) is 0.0833. The van der Waals surface area contributed by atoms with Crippen molar-refractivity contribution in [3.05, 3.63) is 95.1 Å². The van der Waals surface area contributed by atoms with Gasteiger partial charge in [0, 0.05) is 22.7 Å². The van der Waals surface area contributed by atoms with Gasteiger partial charge in [0.2, 0.25) is 0 Å². The summed E-state index contributed by atoms with van der Waals surface area (Å²) in [5, 5.41) is 3.37. The standard InChI is InChI=1S/C24H18F2N2O/c1-14-7-9-16(10-8-14)23-15(2)22(18-5-3-4-6-21(18)28-23)24(29)27-17-11-12-19(25)20(26)13-17/h3-13H,1-2H3,(H,27,29). The average molecular weight is 388 g/mol. The van der Waals surface area contributed by atoms with Gasteiger partial charge < -0.3 is 5.32 Å². The van der Waals surface area contributed by atoms with Gasteiger partial charge >= 0.3 is 0 Å². The van der Waals surface area contributed by atoms with E-state index in [0.29, 0.717) is 27.7 Å². The summed E-state index contributed by atoms with van der Waals surface area (Å²) in [5.41, 5.74) is 4.78. The van der Waals surface area contributed by atoms with Crippen LogP contribution in [0.3, 0.4) is 0 Å². The maximum absolute atomic E-state index is 13.5. The third-order valence-electron chi connectivity index (χ3n) is 4.87. The van der Waals surface area contributed by atoms with Gasteiger partial charge in [0.1, 0.15) is 0 Å². The Morgan fingerprint density at radius 1 is 0.897 bits per heavy atom. The molecule has 0 aliphatic heterocycles. The normalized spacial score (nSPS) is 10.9. The predicted molar refractivity (Wildman–Crippen MR) is 111 cm³/mol. The smallest absolute Gasteiger partial charge is 0.256 e. The third-order valence-corrected chi connectivity index (χ3v) is 4.87. The van der Waals surface area contributed by atoms with Gasteiger partial charge in [-0.3, -0.25) is 4.79 Å². The molecule has 0 unspecified atom stereocenters. The van der Waals surface area contributed by atoms with E-state index in [4.69, 9.17) is 4.98 Å². The van der Waals surface area contributed by atoms with Crippen LogP contribution >= 0.6 is 0 Å². The molecule has 0 fully saturated rings. The SMILES string of the molecule is Cc1ccc(-c2nc3ccccc3c(C(=O)Nc3ccc(F)c(F)c3)c2C)cc1. The Balaban J connectivity index is 1.85. The Labute approximate surface area is 167 Å². The molecule has 0 radical (unpaired) electrons. The van der Waals surface area contributed by atoms with Gasteiger partial charge in [0.25, 0.3) is 5.91 Å². The van der Waals surface area contributed by atoms with Crippen LogP contribution in [0.2, 0.25) is 0 Å². The average Bonchev–Trinajstić information content (AvgIpc) is 2.71. The summed E-state index contributed by atoms with van der Waals surface area (Å²) >= 11 is 0. The van der Waals surface area contributed by atoms with E-state index in [9.17, 15) is 13.6 Å². The molecule has 29 heavy (non-hydrogen) atoms. The summed E-state index contributed by atoms with van der Waals surface area (Å²) in [6.45, 7) is 3.85. The van der Waals surface area contributed by atoms with Crippen LogP contribution in [-0.2, 0) is 0 Å². The quantitative estimate of drug-likeness (QED) is 0.464.